The maximum atomic E-state index is 6.13. The Morgan fingerprint density at radius 2 is 1.71 bits per heavy atom. The molecule has 114 valence electrons. The van der Waals surface area contributed by atoms with Crippen molar-refractivity contribution in [3.63, 3.8) is 0 Å². The molecule has 1 aliphatic heterocycles. The van der Waals surface area contributed by atoms with E-state index in [9.17, 15) is 0 Å². The van der Waals surface area contributed by atoms with Crippen molar-refractivity contribution in [2.75, 3.05) is 5.73 Å². The molecule has 1 aromatic rings. The minimum atomic E-state index is -0.493. The lowest BCUT2D eigenvalue weighted by molar-refractivity contribution is 0.00578. The summed E-state index contributed by atoms with van der Waals surface area (Å²) in [5.41, 5.74) is 6.11. The van der Waals surface area contributed by atoms with Crippen LogP contribution in [0.2, 0.25) is 0 Å². The summed E-state index contributed by atoms with van der Waals surface area (Å²) in [5.74, 6) is 1.80. The van der Waals surface area contributed by atoms with Crippen LogP contribution in [0.1, 0.15) is 65.1 Å². The van der Waals surface area contributed by atoms with Gasteiger partial charge >= 0.3 is 7.12 Å². The van der Waals surface area contributed by atoms with Gasteiger partial charge in [0, 0.05) is 17.6 Å². The van der Waals surface area contributed by atoms with E-state index in [1.807, 2.05) is 27.7 Å². The maximum absolute atomic E-state index is 6.13. The summed E-state index contributed by atoms with van der Waals surface area (Å²) in [6.07, 6.45) is 6.61. The molecule has 2 heterocycles. The summed E-state index contributed by atoms with van der Waals surface area (Å²) in [7, 11) is -0.493. The van der Waals surface area contributed by atoms with Gasteiger partial charge in [-0.3, -0.25) is 0 Å². The number of aromatic nitrogens is 2. The molecule has 0 amide bonds. The fourth-order valence-corrected chi connectivity index (χ4v) is 2.95. The summed E-state index contributed by atoms with van der Waals surface area (Å²) < 4.78 is 12.0. The van der Waals surface area contributed by atoms with Gasteiger partial charge in [-0.25, -0.2) is 9.97 Å². The van der Waals surface area contributed by atoms with Gasteiger partial charge in [-0.05, 0) is 40.5 Å². The Kier molecular flexibility index (Phi) is 3.49. The first-order valence-corrected chi connectivity index (χ1v) is 7.78. The van der Waals surface area contributed by atoms with Gasteiger partial charge in [-0.1, -0.05) is 12.8 Å². The second-order valence-corrected chi connectivity index (χ2v) is 7.14. The molecule has 0 atom stereocenters. The predicted octanol–water partition coefficient (Wildman–Crippen LogP) is 2.02. The Labute approximate surface area is 126 Å². The number of rotatable bonds is 2. The molecule has 2 aliphatic rings. The van der Waals surface area contributed by atoms with E-state index in [0.717, 1.165) is 24.1 Å². The molecule has 3 rings (SSSR count). The van der Waals surface area contributed by atoms with Gasteiger partial charge < -0.3 is 15.0 Å². The standard InChI is InChI=1S/C15H24BN3O2/c1-14(2)15(3,4)21-16(20-14)11-9-18-13(19-12(11)17)10-7-5-6-8-10/h9-10H,5-8H2,1-4H3,(H2,17,18,19). The van der Waals surface area contributed by atoms with Crippen molar-refractivity contribution < 1.29 is 9.31 Å². The van der Waals surface area contributed by atoms with Crippen LogP contribution in [0.15, 0.2) is 6.20 Å². The van der Waals surface area contributed by atoms with Crippen molar-refractivity contribution in [2.45, 2.75) is 70.5 Å². The Bertz CT molecular complexity index is 526. The molecule has 1 aromatic heterocycles. The third kappa shape index (κ3) is 2.55. The van der Waals surface area contributed by atoms with Gasteiger partial charge in [0.05, 0.1) is 11.2 Å². The summed E-state index contributed by atoms with van der Waals surface area (Å²) in [5, 5.41) is 0. The van der Waals surface area contributed by atoms with E-state index >= 15 is 0 Å². The highest BCUT2D eigenvalue weighted by Crippen LogP contribution is 2.37. The van der Waals surface area contributed by atoms with Gasteiger partial charge in [-0.2, -0.15) is 0 Å². The lowest BCUT2D eigenvalue weighted by atomic mass is 9.80. The number of nitrogens with two attached hydrogens (primary N) is 1. The largest absolute Gasteiger partial charge is 0.500 e. The van der Waals surface area contributed by atoms with Crippen molar-refractivity contribution in [1.29, 1.82) is 0 Å². The first-order valence-electron chi connectivity index (χ1n) is 7.78. The highest BCUT2D eigenvalue weighted by Gasteiger charge is 2.52. The summed E-state index contributed by atoms with van der Waals surface area (Å²) in [6.45, 7) is 8.10. The van der Waals surface area contributed by atoms with Crippen LogP contribution in [-0.2, 0) is 9.31 Å². The Morgan fingerprint density at radius 1 is 1.14 bits per heavy atom. The Morgan fingerprint density at radius 3 is 2.24 bits per heavy atom. The zero-order chi connectivity index (χ0) is 15.3. The highest BCUT2D eigenvalue weighted by atomic mass is 16.7. The molecule has 0 bridgehead atoms. The van der Waals surface area contributed by atoms with Crippen molar-refractivity contribution in [1.82, 2.24) is 9.97 Å². The number of hydrogen-bond acceptors (Lipinski definition) is 5. The van der Waals surface area contributed by atoms with Gasteiger partial charge in [-0.15, -0.1) is 0 Å². The lowest BCUT2D eigenvalue weighted by Gasteiger charge is -2.32. The Hall–Kier alpha value is -1.14. The molecular weight excluding hydrogens is 265 g/mol. The first kappa shape index (κ1) is 14.8. The van der Waals surface area contributed by atoms with E-state index in [-0.39, 0.29) is 11.2 Å². The predicted molar refractivity (Wildman–Crippen MR) is 83.4 cm³/mol. The minimum Gasteiger partial charge on any atom is -0.399 e. The third-order valence-electron chi connectivity index (χ3n) is 5.09. The summed E-state index contributed by atoms with van der Waals surface area (Å²) >= 11 is 0. The first-order chi connectivity index (χ1) is 9.80. The molecule has 6 heteroatoms. The molecule has 2 N–H and O–H groups in total. The molecule has 1 aliphatic carbocycles. The molecular formula is C15H24BN3O2. The van der Waals surface area contributed by atoms with Gasteiger partial charge in [0.25, 0.3) is 0 Å². The monoisotopic (exact) mass is 289 g/mol. The Balaban J connectivity index is 1.84. The van der Waals surface area contributed by atoms with Crippen molar-refractivity contribution in [2.24, 2.45) is 0 Å². The zero-order valence-electron chi connectivity index (χ0n) is 13.3. The second-order valence-electron chi connectivity index (χ2n) is 7.14. The van der Waals surface area contributed by atoms with E-state index in [1.54, 1.807) is 6.20 Å². The van der Waals surface area contributed by atoms with Crippen molar-refractivity contribution >= 4 is 18.4 Å². The molecule has 1 saturated carbocycles. The lowest BCUT2D eigenvalue weighted by Crippen LogP contribution is -2.41. The van der Waals surface area contributed by atoms with Gasteiger partial charge in [0.1, 0.15) is 11.6 Å². The van der Waals surface area contributed by atoms with Crippen LogP contribution in [0.25, 0.3) is 0 Å². The zero-order valence-corrected chi connectivity index (χ0v) is 13.3. The van der Waals surface area contributed by atoms with Crippen molar-refractivity contribution in [3.05, 3.63) is 12.0 Å². The summed E-state index contributed by atoms with van der Waals surface area (Å²) in [6, 6.07) is 0. The number of hydrogen-bond donors (Lipinski definition) is 1. The molecule has 2 fully saturated rings. The number of anilines is 1. The average molecular weight is 289 g/mol. The quantitative estimate of drug-likeness (QED) is 0.843. The van der Waals surface area contributed by atoms with Crippen LogP contribution >= 0.6 is 0 Å². The molecule has 0 unspecified atom stereocenters. The second kappa shape index (κ2) is 4.95. The smallest absolute Gasteiger partial charge is 0.399 e. The normalized spacial score (nSPS) is 24.7. The molecule has 0 aromatic carbocycles. The average Bonchev–Trinajstić information content (AvgIpc) is 2.96. The van der Waals surface area contributed by atoms with Crippen LogP contribution in [-0.4, -0.2) is 28.3 Å². The van der Waals surface area contributed by atoms with Crippen LogP contribution in [0.5, 0.6) is 0 Å². The molecule has 0 radical (unpaired) electrons. The summed E-state index contributed by atoms with van der Waals surface area (Å²) in [4.78, 5) is 9.01. The number of nitrogen functional groups attached to an aromatic ring is 1. The molecule has 5 nitrogen and oxygen atoms in total. The van der Waals surface area contributed by atoms with E-state index < -0.39 is 7.12 Å². The third-order valence-corrected chi connectivity index (χ3v) is 5.09. The van der Waals surface area contributed by atoms with E-state index in [4.69, 9.17) is 15.0 Å². The minimum absolute atomic E-state index is 0.381. The van der Waals surface area contributed by atoms with E-state index in [2.05, 4.69) is 9.97 Å². The van der Waals surface area contributed by atoms with Crippen LogP contribution in [0.3, 0.4) is 0 Å². The van der Waals surface area contributed by atoms with E-state index in [0.29, 0.717) is 11.7 Å². The molecule has 21 heavy (non-hydrogen) atoms. The van der Waals surface area contributed by atoms with Crippen LogP contribution < -0.4 is 11.2 Å². The molecule has 1 saturated heterocycles. The maximum Gasteiger partial charge on any atom is 0.500 e. The highest BCUT2D eigenvalue weighted by molar-refractivity contribution is 6.63. The van der Waals surface area contributed by atoms with Crippen LogP contribution in [0.4, 0.5) is 5.82 Å². The fourth-order valence-electron chi connectivity index (χ4n) is 2.95. The van der Waals surface area contributed by atoms with Crippen molar-refractivity contribution in [3.8, 4) is 0 Å². The fraction of sp³-hybridized carbons (Fsp3) is 0.733. The van der Waals surface area contributed by atoms with Gasteiger partial charge in [0.15, 0.2) is 0 Å². The molecule has 0 spiro atoms. The van der Waals surface area contributed by atoms with Crippen LogP contribution in [0, 0.1) is 0 Å². The topological polar surface area (TPSA) is 70.3 Å². The van der Waals surface area contributed by atoms with E-state index in [1.165, 1.54) is 12.8 Å². The van der Waals surface area contributed by atoms with Gasteiger partial charge in [0.2, 0.25) is 0 Å². The SMILES string of the molecule is CC1(C)OB(c2cnc(C3CCCC3)nc2N)OC1(C)C. The number of nitrogens with zero attached hydrogens (tertiary/aromatic N) is 2.